The lowest BCUT2D eigenvalue weighted by Gasteiger charge is -2.21. The van der Waals surface area contributed by atoms with Crippen LogP contribution in [0.15, 0.2) is 67.3 Å². The Kier molecular flexibility index (Phi) is 5.13. The molecule has 1 saturated heterocycles. The van der Waals surface area contributed by atoms with Crippen LogP contribution >= 0.6 is 0 Å². The van der Waals surface area contributed by atoms with Gasteiger partial charge in [0, 0.05) is 25.2 Å². The van der Waals surface area contributed by atoms with Crippen molar-refractivity contribution in [2.45, 2.75) is 12.0 Å². The Balaban J connectivity index is 2.03. The molecule has 1 unspecified atom stereocenters. The Morgan fingerprint density at radius 3 is 2.74 bits per heavy atom. The molecule has 1 aromatic carbocycles. The van der Waals surface area contributed by atoms with E-state index in [0.29, 0.717) is 17.8 Å². The zero-order valence-corrected chi connectivity index (χ0v) is 12.9. The van der Waals surface area contributed by atoms with Crippen molar-refractivity contribution in [3.63, 3.8) is 0 Å². The van der Waals surface area contributed by atoms with Crippen LogP contribution in [0, 0.1) is 0 Å². The number of nitrogens with zero attached hydrogens (tertiary/aromatic N) is 1. The van der Waals surface area contributed by atoms with E-state index in [1.54, 1.807) is 42.5 Å². The van der Waals surface area contributed by atoms with Crippen molar-refractivity contribution in [1.82, 2.24) is 5.32 Å². The van der Waals surface area contributed by atoms with E-state index in [1.165, 1.54) is 4.90 Å². The molecule has 2 amide bonds. The maximum Gasteiger partial charge on any atom is 0.268 e. The van der Waals surface area contributed by atoms with Crippen LogP contribution in [0.1, 0.15) is 6.42 Å². The summed E-state index contributed by atoms with van der Waals surface area (Å²) in [5.41, 5.74) is -0.718. The standard InChI is InChI=1S/C18H20N2O3/c1-3-4-8-14(2)13-19-16(21)18(23)11-12-20(17(18)22)15-9-6-5-7-10-15/h3-10,23H,1-2,11-13H2,(H,19,21)/b8-4-. The largest absolute Gasteiger partial charge is 0.372 e. The number of para-hydroxylation sites is 1. The molecule has 1 atom stereocenters. The first-order chi connectivity index (χ1) is 11.0. The molecule has 5 nitrogen and oxygen atoms in total. The van der Waals surface area contributed by atoms with Gasteiger partial charge in [-0.3, -0.25) is 9.59 Å². The molecule has 120 valence electrons. The fourth-order valence-electron chi connectivity index (χ4n) is 2.37. The second-order valence-corrected chi connectivity index (χ2v) is 5.34. The number of aliphatic hydroxyl groups is 1. The number of amides is 2. The van der Waals surface area contributed by atoms with Crippen molar-refractivity contribution in [1.29, 1.82) is 0 Å². The van der Waals surface area contributed by atoms with Crippen LogP contribution in [0.4, 0.5) is 5.69 Å². The van der Waals surface area contributed by atoms with Crippen molar-refractivity contribution in [2.24, 2.45) is 0 Å². The van der Waals surface area contributed by atoms with Crippen LogP contribution in [0.25, 0.3) is 0 Å². The zero-order chi connectivity index (χ0) is 16.9. The predicted molar refractivity (Wildman–Crippen MR) is 89.8 cm³/mol. The second kappa shape index (κ2) is 7.07. The SMILES string of the molecule is C=C/C=C\C(=C)CNC(=O)C1(O)CCN(c2ccccc2)C1=O. The summed E-state index contributed by atoms with van der Waals surface area (Å²) in [6.07, 6.45) is 5.05. The van der Waals surface area contributed by atoms with Gasteiger partial charge in [-0.15, -0.1) is 0 Å². The molecule has 0 aromatic heterocycles. The molecule has 1 fully saturated rings. The smallest absolute Gasteiger partial charge is 0.268 e. The molecule has 1 aliphatic rings. The summed E-state index contributed by atoms with van der Waals surface area (Å²) in [4.78, 5) is 26.1. The molecule has 0 saturated carbocycles. The minimum absolute atomic E-state index is 0.0571. The summed E-state index contributed by atoms with van der Waals surface area (Å²) in [6, 6.07) is 8.98. The maximum atomic E-state index is 12.5. The zero-order valence-electron chi connectivity index (χ0n) is 12.9. The monoisotopic (exact) mass is 312 g/mol. The van der Waals surface area contributed by atoms with E-state index in [0.717, 1.165) is 0 Å². The van der Waals surface area contributed by atoms with Crippen molar-refractivity contribution >= 4 is 17.5 Å². The Bertz CT molecular complexity index is 651. The molecule has 1 aliphatic heterocycles. The number of rotatable bonds is 6. The highest BCUT2D eigenvalue weighted by Gasteiger charge is 2.51. The van der Waals surface area contributed by atoms with Gasteiger partial charge in [0.25, 0.3) is 11.8 Å². The summed E-state index contributed by atoms with van der Waals surface area (Å²) in [5.74, 6) is -1.30. The molecule has 5 heteroatoms. The lowest BCUT2D eigenvalue weighted by atomic mass is 10.0. The van der Waals surface area contributed by atoms with E-state index in [-0.39, 0.29) is 13.0 Å². The van der Waals surface area contributed by atoms with E-state index in [4.69, 9.17) is 0 Å². The number of carbonyl (C=O) groups is 2. The van der Waals surface area contributed by atoms with E-state index >= 15 is 0 Å². The van der Waals surface area contributed by atoms with Gasteiger partial charge < -0.3 is 15.3 Å². The number of hydrogen-bond donors (Lipinski definition) is 2. The lowest BCUT2D eigenvalue weighted by molar-refractivity contribution is -0.149. The van der Waals surface area contributed by atoms with E-state index in [9.17, 15) is 14.7 Å². The molecular formula is C18H20N2O3. The summed E-state index contributed by atoms with van der Waals surface area (Å²) >= 11 is 0. The van der Waals surface area contributed by atoms with Gasteiger partial charge in [-0.2, -0.15) is 0 Å². The van der Waals surface area contributed by atoms with Gasteiger partial charge in [-0.05, 0) is 17.7 Å². The van der Waals surface area contributed by atoms with Crippen LogP contribution in [0.5, 0.6) is 0 Å². The Hall–Kier alpha value is -2.66. The van der Waals surface area contributed by atoms with Crippen LogP contribution in [-0.4, -0.2) is 35.6 Å². The van der Waals surface area contributed by atoms with Gasteiger partial charge >= 0.3 is 0 Å². The van der Waals surface area contributed by atoms with Crippen LogP contribution < -0.4 is 10.2 Å². The molecule has 2 rings (SSSR count). The fraction of sp³-hybridized carbons (Fsp3) is 0.222. The van der Waals surface area contributed by atoms with E-state index in [1.807, 2.05) is 6.07 Å². The summed E-state index contributed by atoms with van der Waals surface area (Å²) in [6.45, 7) is 7.76. The highest BCUT2D eigenvalue weighted by molar-refractivity contribution is 6.16. The minimum atomic E-state index is -2.03. The van der Waals surface area contributed by atoms with Crippen LogP contribution in [0.2, 0.25) is 0 Å². The first kappa shape index (κ1) is 16.7. The molecule has 23 heavy (non-hydrogen) atoms. The third-order valence-electron chi connectivity index (χ3n) is 3.68. The number of allylic oxidation sites excluding steroid dienone is 2. The summed E-state index contributed by atoms with van der Waals surface area (Å²) in [7, 11) is 0. The van der Waals surface area contributed by atoms with E-state index in [2.05, 4.69) is 18.5 Å². The second-order valence-electron chi connectivity index (χ2n) is 5.34. The molecule has 0 spiro atoms. The van der Waals surface area contributed by atoms with Gasteiger partial charge in [-0.25, -0.2) is 0 Å². The van der Waals surface area contributed by atoms with Crippen LogP contribution in [-0.2, 0) is 9.59 Å². The molecule has 2 N–H and O–H groups in total. The van der Waals surface area contributed by atoms with Crippen molar-refractivity contribution in [3.8, 4) is 0 Å². The lowest BCUT2D eigenvalue weighted by Crippen LogP contribution is -2.52. The van der Waals surface area contributed by atoms with Crippen LogP contribution in [0.3, 0.4) is 0 Å². The average molecular weight is 312 g/mol. The first-order valence-electron chi connectivity index (χ1n) is 7.33. The van der Waals surface area contributed by atoms with Crippen molar-refractivity contribution < 1.29 is 14.7 Å². The summed E-state index contributed by atoms with van der Waals surface area (Å²) < 4.78 is 0. The Morgan fingerprint density at radius 1 is 1.39 bits per heavy atom. The topological polar surface area (TPSA) is 69.6 Å². The van der Waals surface area contributed by atoms with Gasteiger partial charge in [-0.1, -0.05) is 49.6 Å². The number of hydrogen-bond acceptors (Lipinski definition) is 3. The summed E-state index contributed by atoms with van der Waals surface area (Å²) in [5, 5.41) is 13.0. The number of carbonyl (C=O) groups excluding carboxylic acids is 2. The number of benzene rings is 1. The fourth-order valence-corrected chi connectivity index (χ4v) is 2.37. The highest BCUT2D eigenvalue weighted by atomic mass is 16.3. The normalized spacial score (nSPS) is 20.7. The average Bonchev–Trinajstić information content (AvgIpc) is 2.88. The predicted octanol–water partition coefficient (Wildman–Crippen LogP) is 1.57. The van der Waals surface area contributed by atoms with E-state index < -0.39 is 17.4 Å². The number of nitrogens with one attached hydrogen (secondary N) is 1. The van der Waals surface area contributed by atoms with Gasteiger partial charge in [0.15, 0.2) is 0 Å². The molecule has 0 radical (unpaired) electrons. The van der Waals surface area contributed by atoms with Gasteiger partial charge in [0.2, 0.25) is 5.60 Å². The van der Waals surface area contributed by atoms with Gasteiger partial charge in [0.05, 0.1) is 0 Å². The molecule has 0 bridgehead atoms. The third kappa shape index (κ3) is 3.57. The third-order valence-corrected chi connectivity index (χ3v) is 3.68. The molecular weight excluding hydrogens is 292 g/mol. The van der Waals surface area contributed by atoms with Crippen molar-refractivity contribution in [2.75, 3.05) is 18.0 Å². The molecule has 1 heterocycles. The number of anilines is 1. The Morgan fingerprint density at radius 2 is 2.09 bits per heavy atom. The van der Waals surface area contributed by atoms with Gasteiger partial charge in [0.1, 0.15) is 0 Å². The minimum Gasteiger partial charge on any atom is -0.372 e. The molecule has 0 aliphatic carbocycles. The molecule has 1 aromatic rings. The maximum absolute atomic E-state index is 12.5. The van der Waals surface area contributed by atoms with Crippen molar-refractivity contribution in [3.05, 3.63) is 67.3 Å². The Labute approximate surface area is 135 Å². The highest BCUT2D eigenvalue weighted by Crippen LogP contribution is 2.28. The quantitative estimate of drug-likeness (QED) is 0.619. The first-order valence-corrected chi connectivity index (χ1v) is 7.33.